The Morgan fingerprint density at radius 2 is 1.88 bits per heavy atom. The standard InChI is InChI=1S/C21H26N4O5S2/c1-14(2)22-10-11-23-15-4-7-17(8-5-15)32(27,28)30-16-6-9-18-19(12-16)31-21(24-18)25-20(26)13-29-3/h4-9,12,14,22-23H,10-11,13H2,1-3H3,(H,24,25,26). The Balaban J connectivity index is 1.65. The molecule has 1 aromatic heterocycles. The summed E-state index contributed by atoms with van der Waals surface area (Å²) in [5, 5.41) is 9.56. The van der Waals surface area contributed by atoms with Crippen molar-refractivity contribution in [1.82, 2.24) is 10.3 Å². The smallest absolute Gasteiger partial charge is 0.339 e. The third kappa shape index (κ3) is 6.63. The molecule has 0 saturated heterocycles. The second-order valence-electron chi connectivity index (χ2n) is 7.23. The number of carbonyl (C=O) groups excluding carboxylic acids is 1. The number of aromatic nitrogens is 1. The van der Waals surface area contributed by atoms with Crippen LogP contribution in [-0.4, -0.2) is 52.2 Å². The van der Waals surface area contributed by atoms with E-state index in [-0.39, 0.29) is 23.2 Å². The van der Waals surface area contributed by atoms with Crippen LogP contribution in [0.25, 0.3) is 10.2 Å². The molecule has 1 heterocycles. The Kier molecular flexibility index (Phi) is 8.02. The Morgan fingerprint density at radius 1 is 1.12 bits per heavy atom. The number of rotatable bonds is 11. The molecule has 11 heteroatoms. The molecular formula is C21H26N4O5S2. The van der Waals surface area contributed by atoms with Gasteiger partial charge in [-0.1, -0.05) is 25.2 Å². The van der Waals surface area contributed by atoms with E-state index in [0.717, 1.165) is 18.8 Å². The molecule has 0 atom stereocenters. The maximum Gasteiger partial charge on any atom is 0.339 e. The van der Waals surface area contributed by atoms with E-state index in [9.17, 15) is 13.2 Å². The third-order valence-electron chi connectivity index (χ3n) is 4.24. The monoisotopic (exact) mass is 478 g/mol. The molecule has 0 aliphatic rings. The third-order valence-corrected chi connectivity index (χ3v) is 6.43. The van der Waals surface area contributed by atoms with Crippen LogP contribution in [0.3, 0.4) is 0 Å². The highest BCUT2D eigenvalue weighted by Crippen LogP contribution is 2.30. The van der Waals surface area contributed by atoms with E-state index in [1.54, 1.807) is 24.3 Å². The largest absolute Gasteiger partial charge is 0.384 e. The molecule has 0 aliphatic carbocycles. The zero-order chi connectivity index (χ0) is 23.1. The van der Waals surface area contributed by atoms with E-state index >= 15 is 0 Å². The van der Waals surface area contributed by atoms with Crippen molar-refractivity contribution >= 4 is 48.4 Å². The van der Waals surface area contributed by atoms with Gasteiger partial charge in [-0.3, -0.25) is 10.1 Å². The average molecular weight is 479 g/mol. The number of hydrogen-bond acceptors (Lipinski definition) is 9. The van der Waals surface area contributed by atoms with Gasteiger partial charge in [0.1, 0.15) is 17.3 Å². The number of ether oxygens (including phenoxy) is 1. The molecule has 0 aliphatic heterocycles. The highest BCUT2D eigenvalue weighted by atomic mass is 32.2. The Morgan fingerprint density at radius 3 is 2.56 bits per heavy atom. The fourth-order valence-corrected chi connectivity index (χ4v) is 4.61. The highest BCUT2D eigenvalue weighted by molar-refractivity contribution is 7.87. The van der Waals surface area contributed by atoms with E-state index < -0.39 is 10.1 Å². The fourth-order valence-electron chi connectivity index (χ4n) is 2.78. The molecule has 9 nitrogen and oxygen atoms in total. The van der Waals surface area contributed by atoms with Crippen LogP contribution in [0.15, 0.2) is 47.4 Å². The molecule has 172 valence electrons. The topological polar surface area (TPSA) is 119 Å². The molecular weight excluding hydrogens is 452 g/mol. The second-order valence-corrected chi connectivity index (χ2v) is 9.80. The first kappa shape index (κ1) is 23.9. The van der Waals surface area contributed by atoms with Crippen molar-refractivity contribution in [3.05, 3.63) is 42.5 Å². The number of fused-ring (bicyclic) bond motifs is 1. The quantitative estimate of drug-likeness (QED) is 0.284. The average Bonchev–Trinajstić information content (AvgIpc) is 3.12. The van der Waals surface area contributed by atoms with Gasteiger partial charge in [0, 0.05) is 38.0 Å². The maximum atomic E-state index is 12.7. The van der Waals surface area contributed by atoms with E-state index in [0.29, 0.717) is 21.4 Å². The van der Waals surface area contributed by atoms with Crippen LogP contribution in [0.1, 0.15) is 13.8 Å². The molecule has 0 unspecified atom stereocenters. The van der Waals surface area contributed by atoms with E-state index in [2.05, 4.69) is 34.8 Å². The molecule has 0 fully saturated rings. The number of amides is 1. The van der Waals surface area contributed by atoms with E-state index in [1.165, 1.54) is 36.6 Å². The number of methoxy groups -OCH3 is 1. The van der Waals surface area contributed by atoms with Crippen molar-refractivity contribution in [3.8, 4) is 5.75 Å². The second kappa shape index (κ2) is 10.7. The summed E-state index contributed by atoms with van der Waals surface area (Å²) in [6.45, 7) is 5.60. The van der Waals surface area contributed by atoms with Crippen molar-refractivity contribution in [2.24, 2.45) is 0 Å². The predicted molar refractivity (Wildman–Crippen MR) is 126 cm³/mol. The summed E-state index contributed by atoms with van der Waals surface area (Å²) in [5.74, 6) is -0.155. The van der Waals surface area contributed by atoms with Gasteiger partial charge in [0.05, 0.1) is 10.2 Å². The van der Waals surface area contributed by atoms with Crippen LogP contribution >= 0.6 is 11.3 Å². The first-order valence-electron chi connectivity index (χ1n) is 9.98. The highest BCUT2D eigenvalue weighted by Gasteiger charge is 2.17. The van der Waals surface area contributed by atoms with Gasteiger partial charge in [0.15, 0.2) is 5.13 Å². The lowest BCUT2D eigenvalue weighted by atomic mass is 10.3. The van der Waals surface area contributed by atoms with E-state index in [1.807, 2.05) is 0 Å². The van der Waals surface area contributed by atoms with Crippen molar-refractivity contribution < 1.29 is 22.1 Å². The number of carbonyl (C=O) groups is 1. The number of hydrogen-bond donors (Lipinski definition) is 3. The summed E-state index contributed by atoms with van der Waals surface area (Å²) in [4.78, 5) is 16.0. The lowest BCUT2D eigenvalue weighted by molar-refractivity contribution is -0.119. The molecule has 3 rings (SSSR count). The minimum absolute atomic E-state index is 0.0558. The number of thiazole rings is 1. The predicted octanol–water partition coefficient (Wildman–Crippen LogP) is 3.06. The SMILES string of the molecule is COCC(=O)Nc1nc2ccc(OS(=O)(=O)c3ccc(NCCNC(C)C)cc3)cc2s1. The van der Waals surface area contributed by atoms with Crippen molar-refractivity contribution in [2.45, 2.75) is 24.8 Å². The normalized spacial score (nSPS) is 11.6. The summed E-state index contributed by atoms with van der Waals surface area (Å²) < 4.78 is 36.1. The summed E-state index contributed by atoms with van der Waals surface area (Å²) in [7, 11) is -2.57. The van der Waals surface area contributed by atoms with Crippen LogP contribution in [0.5, 0.6) is 5.75 Å². The van der Waals surface area contributed by atoms with Gasteiger partial charge in [-0.05, 0) is 36.4 Å². The summed E-state index contributed by atoms with van der Waals surface area (Å²) in [6.07, 6.45) is 0. The fraction of sp³-hybridized carbons (Fsp3) is 0.333. The van der Waals surface area contributed by atoms with Gasteiger partial charge in [-0.25, -0.2) is 4.98 Å². The minimum atomic E-state index is -4.00. The Bertz CT molecular complexity index is 1160. The van der Waals surface area contributed by atoms with Crippen LogP contribution < -0.4 is 20.1 Å². The first-order chi connectivity index (χ1) is 15.3. The van der Waals surface area contributed by atoms with Crippen molar-refractivity contribution in [1.29, 1.82) is 0 Å². The Labute approximate surface area is 191 Å². The number of nitrogens with one attached hydrogen (secondary N) is 3. The van der Waals surface area contributed by atoms with E-state index in [4.69, 9.17) is 8.92 Å². The van der Waals surface area contributed by atoms with Crippen LogP contribution in [0.4, 0.5) is 10.8 Å². The zero-order valence-corrected chi connectivity index (χ0v) is 19.7. The van der Waals surface area contributed by atoms with Gasteiger partial charge in [-0.15, -0.1) is 0 Å². The van der Waals surface area contributed by atoms with Gasteiger partial charge < -0.3 is 19.6 Å². The number of nitrogens with zero attached hydrogens (tertiary/aromatic N) is 1. The minimum Gasteiger partial charge on any atom is -0.384 e. The molecule has 0 bridgehead atoms. The summed E-state index contributed by atoms with van der Waals surface area (Å²) >= 11 is 1.21. The molecule has 2 aromatic carbocycles. The lowest BCUT2D eigenvalue weighted by Gasteiger charge is -2.11. The van der Waals surface area contributed by atoms with Crippen LogP contribution in [0, 0.1) is 0 Å². The number of benzene rings is 2. The summed E-state index contributed by atoms with van der Waals surface area (Å²) in [5.41, 5.74) is 1.44. The molecule has 1 amide bonds. The molecule has 32 heavy (non-hydrogen) atoms. The lowest BCUT2D eigenvalue weighted by Crippen LogP contribution is -2.28. The van der Waals surface area contributed by atoms with Crippen LogP contribution in [0.2, 0.25) is 0 Å². The van der Waals surface area contributed by atoms with Crippen molar-refractivity contribution in [2.75, 3.05) is 37.4 Å². The van der Waals surface area contributed by atoms with Gasteiger partial charge in [0.2, 0.25) is 0 Å². The van der Waals surface area contributed by atoms with Gasteiger partial charge >= 0.3 is 10.1 Å². The van der Waals surface area contributed by atoms with Gasteiger partial charge in [0.25, 0.3) is 5.91 Å². The first-order valence-corrected chi connectivity index (χ1v) is 12.2. The van der Waals surface area contributed by atoms with Gasteiger partial charge in [-0.2, -0.15) is 8.42 Å². The molecule has 3 aromatic rings. The summed E-state index contributed by atoms with van der Waals surface area (Å²) in [6, 6.07) is 11.6. The zero-order valence-electron chi connectivity index (χ0n) is 18.0. The number of anilines is 2. The Hall–Kier alpha value is -2.73. The molecule has 0 spiro atoms. The maximum absolute atomic E-state index is 12.7. The molecule has 0 radical (unpaired) electrons. The molecule has 3 N–H and O–H groups in total. The molecule has 0 saturated carbocycles. The van der Waals surface area contributed by atoms with Crippen molar-refractivity contribution in [3.63, 3.8) is 0 Å². The van der Waals surface area contributed by atoms with Crippen LogP contribution in [-0.2, 0) is 19.6 Å².